The molecule has 78 valence electrons. The van der Waals surface area contributed by atoms with Crippen LogP contribution in [0.15, 0.2) is 30.5 Å². The first kappa shape index (κ1) is 9.77. The molecular formula is C12H15N3. The van der Waals surface area contributed by atoms with Crippen LogP contribution in [0, 0.1) is 6.92 Å². The summed E-state index contributed by atoms with van der Waals surface area (Å²) in [6.07, 6.45) is 1.88. The van der Waals surface area contributed by atoms with E-state index in [2.05, 4.69) is 18.9 Å². The summed E-state index contributed by atoms with van der Waals surface area (Å²) in [7, 11) is 0. The molecule has 3 nitrogen and oxygen atoms in total. The van der Waals surface area contributed by atoms with Gasteiger partial charge in [0.1, 0.15) is 0 Å². The topological polar surface area (TPSA) is 43.8 Å². The van der Waals surface area contributed by atoms with Crippen molar-refractivity contribution in [3.8, 4) is 11.1 Å². The van der Waals surface area contributed by atoms with Gasteiger partial charge in [-0.1, -0.05) is 18.2 Å². The summed E-state index contributed by atoms with van der Waals surface area (Å²) in [6.45, 7) is 5.04. The Balaban J connectivity index is 2.55. The zero-order chi connectivity index (χ0) is 10.8. The molecule has 0 amide bonds. The van der Waals surface area contributed by atoms with Gasteiger partial charge in [0.2, 0.25) is 0 Å². The first-order valence-electron chi connectivity index (χ1n) is 5.11. The maximum absolute atomic E-state index is 5.94. The van der Waals surface area contributed by atoms with E-state index in [0.29, 0.717) is 0 Å². The molecule has 0 fully saturated rings. The van der Waals surface area contributed by atoms with Gasteiger partial charge in [-0.25, -0.2) is 0 Å². The molecular weight excluding hydrogens is 186 g/mol. The molecule has 0 saturated carbocycles. The van der Waals surface area contributed by atoms with Crippen LogP contribution in [-0.2, 0) is 6.54 Å². The molecule has 3 heteroatoms. The minimum Gasteiger partial charge on any atom is -0.398 e. The Labute approximate surface area is 89.5 Å². The highest BCUT2D eigenvalue weighted by Crippen LogP contribution is 2.27. The summed E-state index contributed by atoms with van der Waals surface area (Å²) >= 11 is 0. The number of anilines is 1. The number of rotatable bonds is 2. The Hall–Kier alpha value is -1.77. The lowest BCUT2D eigenvalue weighted by atomic mass is 10.1. The van der Waals surface area contributed by atoms with Crippen LogP contribution in [0.4, 0.5) is 5.69 Å². The maximum Gasteiger partial charge on any atom is 0.0571 e. The Morgan fingerprint density at radius 1 is 1.27 bits per heavy atom. The van der Waals surface area contributed by atoms with E-state index in [9.17, 15) is 0 Å². The Morgan fingerprint density at radius 2 is 2.00 bits per heavy atom. The summed E-state index contributed by atoms with van der Waals surface area (Å²) < 4.78 is 1.97. The number of nitrogens with zero attached hydrogens (tertiary/aromatic N) is 2. The molecule has 2 rings (SSSR count). The Kier molecular flexibility index (Phi) is 2.46. The van der Waals surface area contributed by atoms with Gasteiger partial charge in [-0.3, -0.25) is 4.68 Å². The number of aromatic nitrogens is 2. The molecule has 0 unspecified atom stereocenters. The molecule has 0 aliphatic carbocycles. The fourth-order valence-electron chi connectivity index (χ4n) is 1.77. The molecule has 0 bridgehead atoms. The van der Waals surface area contributed by atoms with E-state index in [0.717, 1.165) is 29.1 Å². The van der Waals surface area contributed by atoms with Crippen molar-refractivity contribution < 1.29 is 0 Å². The molecule has 0 atom stereocenters. The van der Waals surface area contributed by atoms with Crippen molar-refractivity contribution >= 4 is 5.69 Å². The van der Waals surface area contributed by atoms with Gasteiger partial charge in [0.25, 0.3) is 0 Å². The average Bonchev–Trinajstić information content (AvgIpc) is 2.60. The smallest absolute Gasteiger partial charge is 0.0571 e. The number of hydrogen-bond acceptors (Lipinski definition) is 2. The minimum absolute atomic E-state index is 0.802. The van der Waals surface area contributed by atoms with Crippen LogP contribution < -0.4 is 5.73 Å². The number of benzene rings is 1. The van der Waals surface area contributed by atoms with Gasteiger partial charge in [-0.2, -0.15) is 5.10 Å². The largest absolute Gasteiger partial charge is 0.398 e. The number of nitrogens with two attached hydrogens (primary N) is 1. The average molecular weight is 201 g/mol. The van der Waals surface area contributed by atoms with Crippen molar-refractivity contribution in [2.45, 2.75) is 20.4 Å². The van der Waals surface area contributed by atoms with Gasteiger partial charge < -0.3 is 5.73 Å². The fourth-order valence-corrected chi connectivity index (χ4v) is 1.77. The fraction of sp³-hybridized carbons (Fsp3) is 0.250. The van der Waals surface area contributed by atoms with E-state index in [4.69, 9.17) is 5.73 Å². The van der Waals surface area contributed by atoms with Crippen molar-refractivity contribution in [1.29, 1.82) is 0 Å². The van der Waals surface area contributed by atoms with Crippen LogP contribution in [0.5, 0.6) is 0 Å². The summed E-state index contributed by atoms with van der Waals surface area (Å²) in [4.78, 5) is 0. The first-order valence-corrected chi connectivity index (χ1v) is 5.11. The predicted molar refractivity (Wildman–Crippen MR) is 62.5 cm³/mol. The maximum atomic E-state index is 5.94. The molecule has 0 radical (unpaired) electrons. The number of para-hydroxylation sites is 1. The van der Waals surface area contributed by atoms with Crippen molar-refractivity contribution in [3.63, 3.8) is 0 Å². The third-order valence-corrected chi connectivity index (χ3v) is 2.65. The van der Waals surface area contributed by atoms with Crippen LogP contribution in [0.2, 0.25) is 0 Å². The zero-order valence-corrected chi connectivity index (χ0v) is 9.07. The molecule has 2 aromatic rings. The molecule has 15 heavy (non-hydrogen) atoms. The van der Waals surface area contributed by atoms with Crippen LogP contribution >= 0.6 is 0 Å². The van der Waals surface area contributed by atoms with Crippen molar-refractivity contribution in [2.75, 3.05) is 5.73 Å². The second-order valence-electron chi connectivity index (χ2n) is 3.55. The van der Waals surface area contributed by atoms with E-state index in [1.807, 2.05) is 35.1 Å². The highest BCUT2D eigenvalue weighted by molar-refractivity contribution is 5.77. The van der Waals surface area contributed by atoms with Gasteiger partial charge in [0, 0.05) is 29.1 Å². The summed E-state index contributed by atoms with van der Waals surface area (Å²) in [6, 6.07) is 7.88. The SMILES string of the molecule is CCn1ncc(-c2ccccc2N)c1C. The van der Waals surface area contributed by atoms with Crippen LogP contribution in [0.3, 0.4) is 0 Å². The van der Waals surface area contributed by atoms with Crippen LogP contribution in [0.25, 0.3) is 11.1 Å². The Bertz CT molecular complexity index is 471. The lowest BCUT2D eigenvalue weighted by molar-refractivity contribution is 0.640. The highest BCUT2D eigenvalue weighted by atomic mass is 15.3. The van der Waals surface area contributed by atoms with Crippen molar-refractivity contribution in [3.05, 3.63) is 36.2 Å². The normalized spacial score (nSPS) is 10.5. The summed E-state index contributed by atoms with van der Waals surface area (Å²) in [5, 5.41) is 4.31. The molecule has 0 spiro atoms. The van der Waals surface area contributed by atoms with E-state index < -0.39 is 0 Å². The lowest BCUT2D eigenvalue weighted by Crippen LogP contribution is -1.98. The molecule has 2 N–H and O–H groups in total. The third-order valence-electron chi connectivity index (χ3n) is 2.65. The lowest BCUT2D eigenvalue weighted by Gasteiger charge is -2.05. The number of hydrogen-bond donors (Lipinski definition) is 1. The standard InChI is InChI=1S/C12H15N3/c1-3-15-9(2)11(8-14-15)10-6-4-5-7-12(10)13/h4-8H,3,13H2,1-2H3. The highest BCUT2D eigenvalue weighted by Gasteiger charge is 2.09. The predicted octanol–water partition coefficient (Wildman–Crippen LogP) is 2.46. The van der Waals surface area contributed by atoms with Gasteiger partial charge >= 0.3 is 0 Å². The van der Waals surface area contributed by atoms with Crippen molar-refractivity contribution in [1.82, 2.24) is 9.78 Å². The Morgan fingerprint density at radius 3 is 2.60 bits per heavy atom. The minimum atomic E-state index is 0.802. The van der Waals surface area contributed by atoms with Crippen molar-refractivity contribution in [2.24, 2.45) is 0 Å². The van der Waals surface area contributed by atoms with Crippen LogP contribution in [-0.4, -0.2) is 9.78 Å². The molecule has 1 aromatic carbocycles. The monoisotopic (exact) mass is 201 g/mol. The summed E-state index contributed by atoms with van der Waals surface area (Å²) in [5.74, 6) is 0. The second-order valence-corrected chi connectivity index (χ2v) is 3.55. The van der Waals surface area contributed by atoms with Gasteiger partial charge in [0.05, 0.1) is 6.20 Å². The van der Waals surface area contributed by atoms with E-state index in [-0.39, 0.29) is 0 Å². The number of aryl methyl sites for hydroxylation is 1. The first-order chi connectivity index (χ1) is 7.24. The second kappa shape index (κ2) is 3.77. The van der Waals surface area contributed by atoms with Gasteiger partial charge in [0.15, 0.2) is 0 Å². The van der Waals surface area contributed by atoms with Crippen LogP contribution in [0.1, 0.15) is 12.6 Å². The van der Waals surface area contributed by atoms with Gasteiger partial charge in [-0.05, 0) is 19.9 Å². The van der Waals surface area contributed by atoms with E-state index in [1.165, 1.54) is 0 Å². The quantitative estimate of drug-likeness (QED) is 0.758. The molecule has 1 heterocycles. The molecule has 0 aliphatic rings. The summed E-state index contributed by atoms with van der Waals surface area (Å²) in [5.41, 5.74) is 10.1. The molecule has 0 aliphatic heterocycles. The van der Waals surface area contributed by atoms with E-state index >= 15 is 0 Å². The number of nitrogen functional groups attached to an aromatic ring is 1. The third kappa shape index (κ3) is 1.61. The molecule has 0 saturated heterocycles. The van der Waals surface area contributed by atoms with Gasteiger partial charge in [-0.15, -0.1) is 0 Å². The molecule has 1 aromatic heterocycles. The van der Waals surface area contributed by atoms with E-state index in [1.54, 1.807) is 0 Å². The zero-order valence-electron chi connectivity index (χ0n) is 9.07.